The Labute approximate surface area is 95.8 Å². The molecule has 0 spiro atoms. The molecule has 0 radical (unpaired) electrons. The van der Waals surface area contributed by atoms with Gasteiger partial charge in [-0.25, -0.2) is 9.37 Å². The largest absolute Gasteiger partial charge is 0.328 e. The van der Waals surface area contributed by atoms with E-state index in [-0.39, 0.29) is 4.77 Å². The van der Waals surface area contributed by atoms with Crippen molar-refractivity contribution in [3.8, 4) is 11.3 Å². The maximum Gasteiger partial charge on any atom is 0.197 e. The number of aromatic nitrogens is 2. The third-order valence-corrected chi connectivity index (χ3v) is 2.36. The zero-order valence-corrected chi connectivity index (χ0v) is 9.07. The maximum atomic E-state index is 13.4. The molecule has 0 amide bonds. The summed E-state index contributed by atoms with van der Waals surface area (Å²) < 4.78 is 13.6. The number of hydrogen-bond acceptors (Lipinski definition) is 2. The van der Waals surface area contributed by atoms with Crippen molar-refractivity contribution in [3.63, 3.8) is 0 Å². The Hall–Kier alpha value is -1.26. The molecule has 1 heterocycles. The van der Waals surface area contributed by atoms with E-state index in [1.165, 1.54) is 0 Å². The van der Waals surface area contributed by atoms with E-state index in [9.17, 15) is 4.39 Å². The minimum absolute atomic E-state index is 0.251. The first-order valence-electron chi connectivity index (χ1n) is 4.17. The molecule has 2 nitrogen and oxygen atoms in total. The van der Waals surface area contributed by atoms with Gasteiger partial charge in [-0.3, -0.25) is 0 Å². The van der Waals surface area contributed by atoms with Gasteiger partial charge in [-0.1, -0.05) is 23.7 Å². The lowest BCUT2D eigenvalue weighted by Gasteiger charge is -2.02. The minimum atomic E-state index is -0.439. The van der Waals surface area contributed by atoms with Crippen LogP contribution in [0.15, 0.2) is 30.5 Å². The standard InChI is InChI=1S/C10H6ClFN2S/c11-7-3-1-6(2-4-7)9-8(12)5-13-10(15)14-9/h1-5H,(H,13,14,15). The fraction of sp³-hybridized carbons (Fsp3) is 0. The van der Waals surface area contributed by atoms with Gasteiger partial charge in [0, 0.05) is 10.6 Å². The van der Waals surface area contributed by atoms with Crippen molar-refractivity contribution in [2.24, 2.45) is 0 Å². The summed E-state index contributed by atoms with van der Waals surface area (Å²) >= 11 is 10.6. The highest BCUT2D eigenvalue weighted by molar-refractivity contribution is 7.71. The quantitative estimate of drug-likeness (QED) is 0.772. The van der Waals surface area contributed by atoms with Crippen LogP contribution in [-0.2, 0) is 0 Å². The number of H-pyrrole nitrogens is 1. The second-order valence-corrected chi connectivity index (χ2v) is 3.74. The minimum Gasteiger partial charge on any atom is -0.328 e. The Morgan fingerprint density at radius 1 is 1.27 bits per heavy atom. The SMILES string of the molecule is Fc1cnc(=S)[nH]c1-c1ccc(Cl)cc1. The van der Waals surface area contributed by atoms with Crippen LogP contribution in [0.2, 0.25) is 5.02 Å². The monoisotopic (exact) mass is 240 g/mol. The Balaban J connectivity index is 2.58. The van der Waals surface area contributed by atoms with Gasteiger partial charge < -0.3 is 4.98 Å². The number of hydrogen-bond donors (Lipinski definition) is 1. The van der Waals surface area contributed by atoms with Crippen LogP contribution >= 0.6 is 23.8 Å². The molecule has 5 heteroatoms. The van der Waals surface area contributed by atoms with E-state index in [1.807, 2.05) is 0 Å². The zero-order valence-electron chi connectivity index (χ0n) is 7.50. The molecule has 76 valence electrons. The van der Waals surface area contributed by atoms with Gasteiger partial charge >= 0.3 is 0 Å². The molecule has 0 unspecified atom stereocenters. The fourth-order valence-electron chi connectivity index (χ4n) is 1.21. The average molecular weight is 241 g/mol. The van der Waals surface area contributed by atoms with E-state index >= 15 is 0 Å². The topological polar surface area (TPSA) is 28.7 Å². The summed E-state index contributed by atoms with van der Waals surface area (Å²) in [5.41, 5.74) is 1.01. The molecule has 0 bridgehead atoms. The highest BCUT2D eigenvalue weighted by Crippen LogP contribution is 2.21. The molecule has 1 aromatic carbocycles. The van der Waals surface area contributed by atoms with Crippen molar-refractivity contribution in [3.05, 3.63) is 46.1 Å². The van der Waals surface area contributed by atoms with E-state index in [2.05, 4.69) is 9.97 Å². The van der Waals surface area contributed by atoms with Crippen LogP contribution in [0.25, 0.3) is 11.3 Å². The molecule has 2 aromatic rings. The first-order chi connectivity index (χ1) is 7.16. The van der Waals surface area contributed by atoms with Crippen LogP contribution in [0.5, 0.6) is 0 Å². The maximum absolute atomic E-state index is 13.4. The molecule has 0 atom stereocenters. The highest BCUT2D eigenvalue weighted by Gasteiger charge is 2.05. The lowest BCUT2D eigenvalue weighted by molar-refractivity contribution is 0.617. The van der Waals surface area contributed by atoms with Gasteiger partial charge in [0.25, 0.3) is 0 Å². The Bertz CT molecular complexity index is 536. The smallest absolute Gasteiger partial charge is 0.197 e. The Morgan fingerprint density at radius 3 is 2.60 bits per heavy atom. The third-order valence-electron chi connectivity index (χ3n) is 1.90. The first kappa shape index (κ1) is 10.3. The summed E-state index contributed by atoms with van der Waals surface area (Å²) in [4.78, 5) is 6.34. The zero-order chi connectivity index (χ0) is 10.8. The van der Waals surface area contributed by atoms with E-state index in [0.717, 1.165) is 6.20 Å². The number of benzene rings is 1. The number of nitrogens with zero attached hydrogens (tertiary/aromatic N) is 1. The summed E-state index contributed by atoms with van der Waals surface area (Å²) in [5, 5.41) is 0.604. The van der Waals surface area contributed by atoms with Gasteiger partial charge in [-0.15, -0.1) is 0 Å². The van der Waals surface area contributed by atoms with Crippen molar-refractivity contribution >= 4 is 23.8 Å². The first-order valence-corrected chi connectivity index (χ1v) is 4.96. The molecule has 1 N–H and O–H groups in total. The van der Waals surface area contributed by atoms with Crippen molar-refractivity contribution in [1.29, 1.82) is 0 Å². The van der Waals surface area contributed by atoms with Crippen LogP contribution < -0.4 is 0 Å². The second-order valence-electron chi connectivity index (χ2n) is 2.92. The van der Waals surface area contributed by atoms with Crippen LogP contribution in [0, 0.1) is 10.6 Å². The Kier molecular flexibility index (Phi) is 2.79. The van der Waals surface area contributed by atoms with Gasteiger partial charge in [0.05, 0.1) is 11.9 Å². The highest BCUT2D eigenvalue weighted by atomic mass is 35.5. The second kappa shape index (κ2) is 4.08. The van der Waals surface area contributed by atoms with E-state index in [1.54, 1.807) is 24.3 Å². The lowest BCUT2D eigenvalue weighted by Crippen LogP contribution is -1.91. The molecule has 0 aliphatic rings. The fourth-order valence-corrected chi connectivity index (χ4v) is 1.49. The van der Waals surface area contributed by atoms with Crippen molar-refractivity contribution < 1.29 is 4.39 Å². The molecular weight excluding hydrogens is 235 g/mol. The molecule has 0 fully saturated rings. The summed E-state index contributed by atoms with van der Waals surface area (Å²) in [6.07, 6.45) is 1.10. The molecule has 0 aliphatic carbocycles. The van der Waals surface area contributed by atoms with Crippen molar-refractivity contribution in [2.45, 2.75) is 0 Å². The van der Waals surface area contributed by atoms with Crippen LogP contribution in [-0.4, -0.2) is 9.97 Å². The van der Waals surface area contributed by atoms with Gasteiger partial charge in [-0.05, 0) is 24.4 Å². The van der Waals surface area contributed by atoms with Crippen molar-refractivity contribution in [1.82, 2.24) is 9.97 Å². The van der Waals surface area contributed by atoms with Crippen LogP contribution in [0.3, 0.4) is 0 Å². The predicted octanol–water partition coefficient (Wildman–Crippen LogP) is 3.60. The summed E-state index contributed by atoms with van der Waals surface area (Å²) in [5.74, 6) is -0.439. The molecular formula is C10H6ClFN2S. The Morgan fingerprint density at radius 2 is 1.93 bits per heavy atom. The number of halogens is 2. The van der Waals surface area contributed by atoms with E-state index < -0.39 is 5.82 Å². The molecule has 0 saturated carbocycles. The van der Waals surface area contributed by atoms with Crippen LogP contribution in [0.1, 0.15) is 0 Å². The van der Waals surface area contributed by atoms with Gasteiger partial charge in [0.2, 0.25) is 0 Å². The molecule has 2 rings (SSSR count). The van der Waals surface area contributed by atoms with E-state index in [4.69, 9.17) is 23.8 Å². The van der Waals surface area contributed by atoms with Crippen molar-refractivity contribution in [2.75, 3.05) is 0 Å². The number of nitrogens with one attached hydrogen (secondary N) is 1. The van der Waals surface area contributed by atoms with E-state index in [0.29, 0.717) is 16.3 Å². The molecule has 0 saturated heterocycles. The normalized spacial score (nSPS) is 10.3. The lowest BCUT2D eigenvalue weighted by atomic mass is 10.1. The average Bonchev–Trinajstić information content (AvgIpc) is 2.23. The van der Waals surface area contributed by atoms with Gasteiger partial charge in [0.15, 0.2) is 10.6 Å². The summed E-state index contributed by atoms with van der Waals surface area (Å²) in [7, 11) is 0. The molecule has 1 aromatic heterocycles. The summed E-state index contributed by atoms with van der Waals surface area (Å²) in [6.45, 7) is 0. The number of aromatic amines is 1. The molecule has 0 aliphatic heterocycles. The van der Waals surface area contributed by atoms with Gasteiger partial charge in [0.1, 0.15) is 0 Å². The predicted molar refractivity (Wildman–Crippen MR) is 59.8 cm³/mol. The number of rotatable bonds is 1. The van der Waals surface area contributed by atoms with Crippen LogP contribution in [0.4, 0.5) is 4.39 Å². The molecule has 15 heavy (non-hydrogen) atoms. The third kappa shape index (κ3) is 2.22. The summed E-state index contributed by atoms with van der Waals surface area (Å²) in [6, 6.07) is 6.80. The van der Waals surface area contributed by atoms with Gasteiger partial charge in [-0.2, -0.15) is 0 Å².